The highest BCUT2D eigenvalue weighted by atomic mass is 31.1. The Balaban J connectivity index is 1.86. The highest BCUT2D eigenvalue weighted by Gasteiger charge is 2.10. The van der Waals surface area contributed by atoms with E-state index in [1.54, 1.807) is 0 Å². The quantitative estimate of drug-likeness (QED) is 0.249. The van der Waals surface area contributed by atoms with Crippen LogP contribution in [0, 0.1) is 0 Å². The van der Waals surface area contributed by atoms with Gasteiger partial charge in [0.15, 0.2) is 0 Å². The van der Waals surface area contributed by atoms with Crippen LogP contribution < -0.4 is 5.32 Å². The van der Waals surface area contributed by atoms with Gasteiger partial charge < -0.3 is 5.32 Å². The molecule has 0 saturated heterocycles. The second-order valence-electron chi connectivity index (χ2n) is 7.42. The normalized spacial score (nSPS) is 12.1. The van der Waals surface area contributed by atoms with Crippen LogP contribution in [0.1, 0.15) is 69.4 Å². The molecule has 0 fully saturated rings. The maximum absolute atomic E-state index is 10.5. The summed E-state index contributed by atoms with van der Waals surface area (Å²) >= 11 is 0. The van der Waals surface area contributed by atoms with Gasteiger partial charge in [-0.2, -0.15) is 0 Å². The molecule has 2 aromatic carbocycles. The van der Waals surface area contributed by atoms with Crippen molar-refractivity contribution >= 4 is 25.1 Å². The van der Waals surface area contributed by atoms with E-state index in [1.807, 2.05) is 0 Å². The smallest absolute Gasteiger partial charge is 0.313 e. The van der Waals surface area contributed by atoms with Crippen LogP contribution in [0.5, 0.6) is 0 Å². The van der Waals surface area contributed by atoms with Crippen LogP contribution in [-0.4, -0.2) is 18.0 Å². The molecule has 0 saturated carbocycles. The number of benzene rings is 2. The van der Waals surface area contributed by atoms with Crippen molar-refractivity contribution in [3.05, 3.63) is 53.6 Å². The molecule has 0 radical (unpaired) electrons. The molecule has 158 valence electrons. The highest BCUT2D eigenvalue weighted by Crippen LogP contribution is 2.24. The summed E-state index contributed by atoms with van der Waals surface area (Å²) in [4.78, 5) is 8.63. The second-order valence-corrected chi connectivity index (χ2v) is 8.15. The fourth-order valence-corrected chi connectivity index (χ4v) is 3.79. The number of hydrogen-bond donors (Lipinski definition) is 2. The molecule has 29 heavy (non-hydrogen) atoms. The zero-order valence-corrected chi connectivity index (χ0v) is 18.5. The molecule has 0 spiro atoms. The number of rotatable bonds is 15. The summed E-state index contributed by atoms with van der Waals surface area (Å²) in [5, 5.41) is 5.95. The maximum Gasteiger partial charge on any atom is 0.694 e. The van der Waals surface area contributed by atoms with E-state index in [-0.39, 0.29) is 0 Å². The lowest BCUT2D eigenvalue weighted by molar-refractivity contribution is 0.276. The fourth-order valence-electron chi connectivity index (χ4n) is 3.50. The van der Waals surface area contributed by atoms with Gasteiger partial charge in [0, 0.05) is 11.1 Å². The SMILES string of the molecule is CCCCCCCC/C=C/c1ccc(CNCCCO[P+](=O)O)c2ccccc12. The monoisotopic (exact) mass is 416 g/mol. The molecule has 0 aromatic heterocycles. The van der Waals surface area contributed by atoms with E-state index in [2.05, 4.69) is 65.3 Å². The molecule has 2 aromatic rings. The first-order valence-corrected chi connectivity index (χ1v) is 12.0. The van der Waals surface area contributed by atoms with Crippen LogP contribution in [0.4, 0.5) is 0 Å². The van der Waals surface area contributed by atoms with Crippen molar-refractivity contribution in [3.8, 4) is 0 Å². The van der Waals surface area contributed by atoms with E-state index in [1.165, 1.54) is 60.4 Å². The van der Waals surface area contributed by atoms with Crippen molar-refractivity contribution in [1.29, 1.82) is 0 Å². The number of fused-ring (bicyclic) bond motifs is 1. The van der Waals surface area contributed by atoms with Crippen LogP contribution in [-0.2, 0) is 15.6 Å². The van der Waals surface area contributed by atoms with Gasteiger partial charge in [-0.25, -0.2) is 0 Å². The van der Waals surface area contributed by atoms with Gasteiger partial charge in [0.05, 0.1) is 0 Å². The Morgan fingerprint density at radius 2 is 1.76 bits per heavy atom. The van der Waals surface area contributed by atoms with E-state index in [4.69, 9.17) is 4.89 Å². The molecule has 2 rings (SSSR count). The highest BCUT2D eigenvalue weighted by molar-refractivity contribution is 7.32. The van der Waals surface area contributed by atoms with Gasteiger partial charge in [0.1, 0.15) is 6.61 Å². The average Bonchev–Trinajstić information content (AvgIpc) is 2.73. The molecule has 1 atom stereocenters. The van der Waals surface area contributed by atoms with E-state index in [9.17, 15) is 4.57 Å². The summed E-state index contributed by atoms with van der Waals surface area (Å²) in [6, 6.07) is 12.9. The maximum atomic E-state index is 10.5. The van der Waals surface area contributed by atoms with Gasteiger partial charge >= 0.3 is 8.25 Å². The minimum absolute atomic E-state index is 0.293. The van der Waals surface area contributed by atoms with E-state index >= 15 is 0 Å². The molecule has 1 unspecified atom stereocenters. The minimum Gasteiger partial charge on any atom is -0.313 e. The van der Waals surface area contributed by atoms with Crippen LogP contribution in [0.15, 0.2) is 42.5 Å². The standard InChI is InChI=1S/C24H34NO3P/c1-2-3-4-5-6-7-8-9-13-21-16-17-22(24-15-11-10-14-23(21)24)20-25-18-12-19-28-29(26)27/h9-11,13-17,25H,2-8,12,18-20H2,1H3/p+1/b13-9+. The largest absolute Gasteiger partial charge is 0.694 e. The lowest BCUT2D eigenvalue weighted by Crippen LogP contribution is -2.16. The molecular weight excluding hydrogens is 381 g/mol. The third-order valence-electron chi connectivity index (χ3n) is 5.08. The average molecular weight is 417 g/mol. The molecule has 0 aliphatic heterocycles. The summed E-state index contributed by atoms with van der Waals surface area (Å²) in [5.74, 6) is 0. The molecule has 0 bridgehead atoms. The lowest BCUT2D eigenvalue weighted by atomic mass is 9.98. The third-order valence-corrected chi connectivity index (χ3v) is 5.49. The molecule has 5 heteroatoms. The molecular formula is C24H35NO3P+. The van der Waals surface area contributed by atoms with Gasteiger partial charge in [-0.3, -0.25) is 0 Å². The van der Waals surface area contributed by atoms with E-state index < -0.39 is 8.25 Å². The zero-order valence-electron chi connectivity index (χ0n) is 17.6. The zero-order chi connectivity index (χ0) is 20.7. The Labute approximate surface area is 176 Å². The Kier molecular flexibility index (Phi) is 11.8. The number of nitrogens with one attached hydrogen (secondary N) is 1. The first kappa shape index (κ1) is 23.7. The van der Waals surface area contributed by atoms with Crippen molar-refractivity contribution in [2.75, 3.05) is 13.2 Å². The van der Waals surface area contributed by atoms with Crippen molar-refractivity contribution in [1.82, 2.24) is 5.32 Å². The van der Waals surface area contributed by atoms with Gasteiger partial charge in [-0.15, -0.1) is 9.42 Å². The molecule has 0 aliphatic carbocycles. The summed E-state index contributed by atoms with van der Waals surface area (Å²) in [7, 11) is -2.49. The summed E-state index contributed by atoms with van der Waals surface area (Å²) in [6.07, 6.45) is 14.4. The Hall–Kier alpha value is -1.58. The van der Waals surface area contributed by atoms with Gasteiger partial charge in [-0.05, 0) is 47.7 Å². The van der Waals surface area contributed by atoms with Crippen molar-refractivity contribution in [3.63, 3.8) is 0 Å². The van der Waals surface area contributed by atoms with Crippen LogP contribution in [0.2, 0.25) is 0 Å². The van der Waals surface area contributed by atoms with Crippen LogP contribution in [0.25, 0.3) is 16.8 Å². The lowest BCUT2D eigenvalue weighted by Gasteiger charge is -2.10. The van der Waals surface area contributed by atoms with Crippen molar-refractivity contribution in [2.24, 2.45) is 0 Å². The van der Waals surface area contributed by atoms with Gasteiger partial charge in [0.2, 0.25) is 0 Å². The first-order valence-electron chi connectivity index (χ1n) is 10.9. The first-order chi connectivity index (χ1) is 14.2. The summed E-state index contributed by atoms with van der Waals surface area (Å²) in [6.45, 7) is 4.07. The topological polar surface area (TPSA) is 58.6 Å². The molecule has 0 aliphatic rings. The third kappa shape index (κ3) is 9.18. The predicted molar refractivity (Wildman–Crippen MR) is 123 cm³/mol. The van der Waals surface area contributed by atoms with Crippen LogP contribution in [0.3, 0.4) is 0 Å². The fraction of sp³-hybridized carbons (Fsp3) is 0.500. The van der Waals surface area contributed by atoms with E-state index in [0.29, 0.717) is 13.0 Å². The Morgan fingerprint density at radius 1 is 1.00 bits per heavy atom. The van der Waals surface area contributed by atoms with Gasteiger partial charge in [-0.1, -0.05) is 87.6 Å². The predicted octanol–water partition coefficient (Wildman–Crippen LogP) is 6.75. The molecule has 2 N–H and O–H groups in total. The molecule has 0 amide bonds. The number of unbranched alkanes of at least 4 members (excludes halogenated alkanes) is 6. The van der Waals surface area contributed by atoms with E-state index in [0.717, 1.165) is 19.5 Å². The van der Waals surface area contributed by atoms with Crippen molar-refractivity contribution < 1.29 is 14.0 Å². The summed E-state index contributed by atoms with van der Waals surface area (Å²) in [5.41, 5.74) is 2.54. The Bertz CT molecular complexity index is 776. The number of allylic oxidation sites excluding steroid dienone is 1. The van der Waals surface area contributed by atoms with Gasteiger partial charge in [0.25, 0.3) is 0 Å². The minimum atomic E-state index is -2.49. The Morgan fingerprint density at radius 3 is 2.55 bits per heavy atom. The second kappa shape index (κ2) is 14.4. The number of hydrogen-bond acceptors (Lipinski definition) is 3. The molecule has 0 heterocycles. The van der Waals surface area contributed by atoms with Crippen molar-refractivity contribution in [2.45, 2.75) is 64.8 Å². The molecule has 4 nitrogen and oxygen atoms in total. The summed E-state index contributed by atoms with van der Waals surface area (Å²) < 4.78 is 15.2. The van der Waals surface area contributed by atoms with Crippen LogP contribution >= 0.6 is 8.25 Å².